The molecule has 90 valence electrons. The van der Waals surface area contributed by atoms with Crippen molar-refractivity contribution in [1.29, 1.82) is 0 Å². The third kappa shape index (κ3) is 3.06. The van der Waals surface area contributed by atoms with Crippen LogP contribution in [0.25, 0.3) is 0 Å². The molecule has 0 aromatic carbocycles. The first kappa shape index (κ1) is 11.6. The van der Waals surface area contributed by atoms with Crippen LogP contribution >= 0.6 is 0 Å². The molecule has 0 saturated heterocycles. The van der Waals surface area contributed by atoms with E-state index < -0.39 is 0 Å². The van der Waals surface area contributed by atoms with Gasteiger partial charge in [0.05, 0.1) is 5.69 Å². The molecule has 4 heteroatoms. The molecule has 1 atom stereocenters. The van der Waals surface area contributed by atoms with Crippen LogP contribution in [0.3, 0.4) is 0 Å². The van der Waals surface area contributed by atoms with Crippen LogP contribution in [-0.2, 0) is 6.42 Å². The highest BCUT2D eigenvalue weighted by Crippen LogP contribution is 2.33. The summed E-state index contributed by atoms with van der Waals surface area (Å²) in [6.07, 6.45) is 6.92. The maximum absolute atomic E-state index is 5.58. The lowest BCUT2D eigenvalue weighted by atomic mass is 10.1. The van der Waals surface area contributed by atoms with Crippen molar-refractivity contribution in [2.24, 2.45) is 11.8 Å². The number of hydrogen-bond donors (Lipinski definition) is 2. The average Bonchev–Trinajstić information content (AvgIpc) is 2.93. The summed E-state index contributed by atoms with van der Waals surface area (Å²) in [5, 5.41) is 4.55. The Bertz CT molecular complexity index is 328. The standard InChI is InChI=1S/C12H22N4/c1-9(2)16-6-5-11(15-16)8-12(14-13)7-10-3-4-10/h5-6,9-10,12,14H,3-4,7-8,13H2,1-2H3. The molecule has 1 aliphatic carbocycles. The van der Waals surface area contributed by atoms with Crippen LogP contribution in [-0.4, -0.2) is 15.8 Å². The van der Waals surface area contributed by atoms with Crippen molar-refractivity contribution >= 4 is 0 Å². The highest BCUT2D eigenvalue weighted by Gasteiger charge is 2.25. The molecule has 1 aromatic rings. The summed E-state index contributed by atoms with van der Waals surface area (Å²) in [6.45, 7) is 4.28. The average molecular weight is 222 g/mol. The van der Waals surface area contributed by atoms with E-state index in [1.54, 1.807) is 0 Å². The molecule has 2 rings (SSSR count). The topological polar surface area (TPSA) is 55.9 Å². The molecule has 0 spiro atoms. The molecule has 1 heterocycles. The zero-order chi connectivity index (χ0) is 11.5. The van der Waals surface area contributed by atoms with Gasteiger partial charge in [-0.15, -0.1) is 0 Å². The van der Waals surface area contributed by atoms with Gasteiger partial charge in [-0.25, -0.2) is 0 Å². The monoisotopic (exact) mass is 222 g/mol. The van der Waals surface area contributed by atoms with Gasteiger partial charge in [0.1, 0.15) is 0 Å². The minimum Gasteiger partial charge on any atom is -0.271 e. The first-order valence-electron chi connectivity index (χ1n) is 6.19. The van der Waals surface area contributed by atoms with Gasteiger partial charge in [-0.3, -0.25) is 16.0 Å². The molecular weight excluding hydrogens is 200 g/mol. The first-order valence-corrected chi connectivity index (χ1v) is 6.19. The largest absolute Gasteiger partial charge is 0.271 e. The van der Waals surface area contributed by atoms with Crippen LogP contribution < -0.4 is 11.3 Å². The summed E-state index contributed by atoms with van der Waals surface area (Å²) in [6, 6.07) is 2.90. The van der Waals surface area contributed by atoms with Crippen molar-refractivity contribution in [2.75, 3.05) is 0 Å². The molecule has 1 saturated carbocycles. The van der Waals surface area contributed by atoms with Crippen LogP contribution in [0.4, 0.5) is 0 Å². The third-order valence-corrected chi connectivity index (χ3v) is 3.20. The molecule has 0 aliphatic heterocycles. The lowest BCUT2D eigenvalue weighted by Gasteiger charge is -2.13. The van der Waals surface area contributed by atoms with E-state index in [2.05, 4.69) is 30.4 Å². The second kappa shape index (κ2) is 4.97. The number of nitrogens with one attached hydrogen (secondary N) is 1. The van der Waals surface area contributed by atoms with Crippen LogP contribution in [0.5, 0.6) is 0 Å². The molecule has 0 amide bonds. The Morgan fingerprint density at radius 2 is 2.31 bits per heavy atom. The van der Waals surface area contributed by atoms with E-state index in [4.69, 9.17) is 5.84 Å². The smallest absolute Gasteiger partial charge is 0.0640 e. The maximum atomic E-state index is 5.58. The number of nitrogens with zero attached hydrogens (tertiary/aromatic N) is 2. The first-order chi connectivity index (χ1) is 7.69. The Kier molecular flexibility index (Phi) is 3.61. The van der Waals surface area contributed by atoms with Crippen molar-refractivity contribution < 1.29 is 0 Å². The maximum Gasteiger partial charge on any atom is 0.0640 e. The van der Waals surface area contributed by atoms with Gasteiger partial charge in [-0.1, -0.05) is 12.8 Å². The number of aromatic nitrogens is 2. The number of hydrogen-bond acceptors (Lipinski definition) is 3. The molecule has 1 aliphatic rings. The zero-order valence-electron chi connectivity index (χ0n) is 10.2. The summed E-state index contributed by atoms with van der Waals surface area (Å²) in [5.41, 5.74) is 4.05. The zero-order valence-corrected chi connectivity index (χ0v) is 10.2. The lowest BCUT2D eigenvalue weighted by molar-refractivity contribution is 0.455. The van der Waals surface area contributed by atoms with E-state index in [0.29, 0.717) is 12.1 Å². The predicted octanol–water partition coefficient (Wildman–Crippen LogP) is 1.64. The van der Waals surface area contributed by atoms with Crippen molar-refractivity contribution in [3.8, 4) is 0 Å². The molecule has 4 nitrogen and oxygen atoms in total. The quantitative estimate of drug-likeness (QED) is 0.568. The van der Waals surface area contributed by atoms with Gasteiger partial charge in [0.15, 0.2) is 0 Å². The SMILES string of the molecule is CC(C)n1ccc(CC(CC2CC2)NN)n1. The fraction of sp³-hybridized carbons (Fsp3) is 0.750. The van der Waals surface area contributed by atoms with Crippen LogP contribution in [0.1, 0.15) is 44.8 Å². The summed E-state index contributed by atoms with van der Waals surface area (Å²) >= 11 is 0. The van der Waals surface area contributed by atoms with Gasteiger partial charge >= 0.3 is 0 Å². The normalized spacial score (nSPS) is 18.0. The Morgan fingerprint density at radius 3 is 2.81 bits per heavy atom. The van der Waals surface area contributed by atoms with Gasteiger partial charge in [-0.05, 0) is 32.3 Å². The molecule has 1 fully saturated rings. The van der Waals surface area contributed by atoms with E-state index in [1.807, 2.05) is 10.9 Å². The van der Waals surface area contributed by atoms with E-state index in [-0.39, 0.29) is 0 Å². The molecule has 1 unspecified atom stereocenters. The molecule has 0 bridgehead atoms. The van der Waals surface area contributed by atoms with E-state index in [9.17, 15) is 0 Å². The molecule has 16 heavy (non-hydrogen) atoms. The highest BCUT2D eigenvalue weighted by molar-refractivity contribution is 5.02. The van der Waals surface area contributed by atoms with Gasteiger partial charge in [0, 0.05) is 24.7 Å². The number of rotatable bonds is 6. The highest BCUT2D eigenvalue weighted by atomic mass is 15.3. The molecule has 0 radical (unpaired) electrons. The molecular formula is C12H22N4. The fourth-order valence-corrected chi connectivity index (χ4v) is 1.99. The van der Waals surface area contributed by atoms with Crippen LogP contribution in [0.15, 0.2) is 12.3 Å². The van der Waals surface area contributed by atoms with Gasteiger partial charge in [-0.2, -0.15) is 5.10 Å². The Balaban J connectivity index is 1.89. The Morgan fingerprint density at radius 1 is 1.56 bits per heavy atom. The van der Waals surface area contributed by atoms with Crippen molar-refractivity contribution in [3.63, 3.8) is 0 Å². The second-order valence-corrected chi connectivity index (χ2v) is 5.13. The van der Waals surface area contributed by atoms with Gasteiger partial charge in [0.2, 0.25) is 0 Å². The third-order valence-electron chi connectivity index (χ3n) is 3.20. The number of hydrazine groups is 1. The summed E-state index contributed by atoms with van der Waals surface area (Å²) < 4.78 is 2.00. The van der Waals surface area contributed by atoms with E-state index in [1.165, 1.54) is 19.3 Å². The second-order valence-electron chi connectivity index (χ2n) is 5.13. The van der Waals surface area contributed by atoms with Gasteiger partial charge in [0.25, 0.3) is 0 Å². The molecule has 1 aromatic heterocycles. The molecule has 3 N–H and O–H groups in total. The van der Waals surface area contributed by atoms with Crippen LogP contribution in [0, 0.1) is 5.92 Å². The van der Waals surface area contributed by atoms with Crippen molar-refractivity contribution in [1.82, 2.24) is 15.2 Å². The summed E-state index contributed by atoms with van der Waals surface area (Å²) in [7, 11) is 0. The summed E-state index contributed by atoms with van der Waals surface area (Å²) in [5.74, 6) is 6.48. The Labute approximate surface area is 97.2 Å². The fourth-order valence-electron chi connectivity index (χ4n) is 1.99. The predicted molar refractivity (Wildman–Crippen MR) is 64.8 cm³/mol. The van der Waals surface area contributed by atoms with Gasteiger partial charge < -0.3 is 0 Å². The van der Waals surface area contributed by atoms with E-state index >= 15 is 0 Å². The minimum atomic E-state index is 0.378. The minimum absolute atomic E-state index is 0.378. The Hall–Kier alpha value is -0.870. The van der Waals surface area contributed by atoms with E-state index in [0.717, 1.165) is 18.0 Å². The van der Waals surface area contributed by atoms with Crippen molar-refractivity contribution in [3.05, 3.63) is 18.0 Å². The number of nitrogens with two attached hydrogens (primary N) is 1. The van der Waals surface area contributed by atoms with Crippen LogP contribution in [0.2, 0.25) is 0 Å². The lowest BCUT2D eigenvalue weighted by Crippen LogP contribution is -2.37. The van der Waals surface area contributed by atoms with Crippen molar-refractivity contribution in [2.45, 2.75) is 51.6 Å². The summed E-state index contributed by atoms with van der Waals surface area (Å²) in [4.78, 5) is 0.